The molecule has 10 nitrogen and oxygen atoms in total. The summed E-state index contributed by atoms with van der Waals surface area (Å²) in [6, 6.07) is 14.4. The van der Waals surface area contributed by atoms with Gasteiger partial charge in [0.05, 0.1) is 0 Å². The fourth-order valence-corrected chi connectivity index (χ4v) is 3.87. The molecule has 0 saturated heterocycles. The number of aliphatic carboxylic acids is 1. The lowest BCUT2D eigenvalue weighted by molar-refractivity contribution is -0.142. The summed E-state index contributed by atoms with van der Waals surface area (Å²) in [4.78, 5) is 52.4. The number of carbonyl (C=O) groups is 4. The third-order valence-corrected chi connectivity index (χ3v) is 5.68. The van der Waals surface area contributed by atoms with E-state index in [1.165, 1.54) is 0 Å². The van der Waals surface area contributed by atoms with Gasteiger partial charge in [0, 0.05) is 23.5 Å². The molecule has 3 amide bonds. The van der Waals surface area contributed by atoms with Gasteiger partial charge in [-0.2, -0.15) is 0 Å². The van der Waals surface area contributed by atoms with Gasteiger partial charge in [-0.15, -0.1) is 0 Å². The predicted molar refractivity (Wildman–Crippen MR) is 138 cm³/mol. The number of aromatic nitrogens is 1. The Morgan fingerprint density at radius 1 is 0.946 bits per heavy atom. The molecular formula is C27H32N4O6. The summed E-state index contributed by atoms with van der Waals surface area (Å²) in [5, 5.41) is 18.1. The molecule has 1 heterocycles. The minimum Gasteiger partial charge on any atom is -0.480 e. The Labute approximate surface area is 214 Å². The van der Waals surface area contributed by atoms with E-state index < -0.39 is 42.5 Å². The van der Waals surface area contributed by atoms with Crippen molar-refractivity contribution in [3.63, 3.8) is 0 Å². The van der Waals surface area contributed by atoms with Crippen LogP contribution in [0.3, 0.4) is 0 Å². The van der Waals surface area contributed by atoms with Crippen LogP contribution < -0.4 is 16.0 Å². The van der Waals surface area contributed by atoms with E-state index in [1.54, 1.807) is 18.3 Å². The van der Waals surface area contributed by atoms with E-state index in [9.17, 15) is 24.3 Å². The first-order valence-electron chi connectivity index (χ1n) is 12.0. The molecule has 0 fully saturated rings. The molecule has 2 atom stereocenters. The Balaban J connectivity index is 1.55. The van der Waals surface area contributed by atoms with E-state index in [2.05, 4.69) is 20.9 Å². The number of carboxylic acid groups (broad SMARTS) is 1. The molecule has 37 heavy (non-hydrogen) atoms. The number of hydrogen-bond donors (Lipinski definition) is 5. The number of amides is 3. The molecule has 1 aromatic heterocycles. The summed E-state index contributed by atoms with van der Waals surface area (Å²) < 4.78 is 5.08. The van der Waals surface area contributed by atoms with Crippen LogP contribution in [0.4, 0.5) is 4.79 Å². The Morgan fingerprint density at radius 3 is 2.35 bits per heavy atom. The number of para-hydroxylation sites is 1. The number of nitrogens with one attached hydrogen (secondary N) is 4. The number of H-pyrrole nitrogens is 1. The molecule has 2 aromatic carbocycles. The lowest BCUT2D eigenvalue weighted by Gasteiger charge is -2.23. The molecule has 3 rings (SSSR count). The van der Waals surface area contributed by atoms with Crippen LogP contribution in [0, 0.1) is 5.92 Å². The van der Waals surface area contributed by atoms with Gasteiger partial charge in [-0.3, -0.25) is 9.59 Å². The fourth-order valence-electron chi connectivity index (χ4n) is 3.87. The van der Waals surface area contributed by atoms with Crippen LogP contribution in [0.5, 0.6) is 0 Å². The van der Waals surface area contributed by atoms with Gasteiger partial charge in [-0.1, -0.05) is 62.4 Å². The SMILES string of the molecule is CC(C)C[C@H](NC(=O)CNC(=O)OCc1ccccc1)C(=O)N[C@@H](Cc1c[nH]c2ccccc12)C(=O)O. The molecule has 0 aliphatic heterocycles. The van der Waals surface area contributed by atoms with Crippen molar-refractivity contribution in [2.24, 2.45) is 5.92 Å². The summed E-state index contributed by atoms with van der Waals surface area (Å²) in [5.41, 5.74) is 2.43. The molecule has 0 aliphatic carbocycles. The first-order valence-corrected chi connectivity index (χ1v) is 12.0. The third-order valence-electron chi connectivity index (χ3n) is 5.68. The number of carbonyl (C=O) groups excluding carboxylic acids is 3. The first kappa shape index (κ1) is 27.3. The molecule has 0 radical (unpaired) electrons. The average Bonchev–Trinajstić information content (AvgIpc) is 3.28. The molecule has 0 unspecified atom stereocenters. The second-order valence-electron chi connectivity index (χ2n) is 9.13. The fraction of sp³-hybridized carbons (Fsp3) is 0.333. The van der Waals surface area contributed by atoms with Gasteiger partial charge in [-0.05, 0) is 29.5 Å². The van der Waals surface area contributed by atoms with E-state index in [0.717, 1.165) is 22.0 Å². The smallest absolute Gasteiger partial charge is 0.407 e. The number of alkyl carbamates (subject to hydrolysis) is 1. The maximum Gasteiger partial charge on any atom is 0.407 e. The number of aromatic amines is 1. The largest absolute Gasteiger partial charge is 0.480 e. The Morgan fingerprint density at radius 2 is 1.65 bits per heavy atom. The number of rotatable bonds is 12. The van der Waals surface area contributed by atoms with Crippen LogP contribution in [0.25, 0.3) is 10.9 Å². The first-order chi connectivity index (χ1) is 17.7. The zero-order valence-corrected chi connectivity index (χ0v) is 20.8. The maximum atomic E-state index is 13.0. The normalized spacial score (nSPS) is 12.5. The summed E-state index contributed by atoms with van der Waals surface area (Å²) in [7, 11) is 0. The van der Waals surface area contributed by atoms with E-state index in [0.29, 0.717) is 0 Å². The molecule has 196 valence electrons. The second-order valence-corrected chi connectivity index (χ2v) is 9.13. The van der Waals surface area contributed by atoms with Gasteiger partial charge in [0.25, 0.3) is 0 Å². The molecular weight excluding hydrogens is 476 g/mol. The molecule has 10 heteroatoms. The van der Waals surface area contributed by atoms with Gasteiger partial charge in [0.2, 0.25) is 11.8 Å². The Kier molecular flexibility index (Phi) is 9.65. The Hall–Kier alpha value is -4.34. The van der Waals surface area contributed by atoms with Crippen molar-refractivity contribution < 1.29 is 29.0 Å². The highest BCUT2D eigenvalue weighted by Crippen LogP contribution is 2.19. The molecule has 0 aliphatic rings. The summed E-state index contributed by atoms with van der Waals surface area (Å²) >= 11 is 0. The highest BCUT2D eigenvalue weighted by Gasteiger charge is 2.28. The quantitative estimate of drug-likeness (QED) is 0.254. The number of hydrogen-bond acceptors (Lipinski definition) is 5. The number of fused-ring (bicyclic) bond motifs is 1. The van der Waals surface area contributed by atoms with E-state index in [1.807, 2.05) is 56.3 Å². The molecule has 5 N–H and O–H groups in total. The van der Waals surface area contributed by atoms with Crippen LogP contribution in [0.15, 0.2) is 60.8 Å². The number of carboxylic acids is 1. The summed E-state index contributed by atoms with van der Waals surface area (Å²) in [6.45, 7) is 3.42. The van der Waals surface area contributed by atoms with E-state index in [4.69, 9.17) is 4.74 Å². The topological polar surface area (TPSA) is 150 Å². The van der Waals surface area contributed by atoms with Gasteiger partial charge in [0.1, 0.15) is 25.2 Å². The Bertz CT molecular complexity index is 1220. The van der Waals surface area contributed by atoms with Gasteiger partial charge in [0.15, 0.2) is 0 Å². The van der Waals surface area contributed by atoms with Gasteiger partial charge >= 0.3 is 12.1 Å². The van der Waals surface area contributed by atoms with Crippen LogP contribution in [-0.2, 0) is 32.1 Å². The zero-order chi connectivity index (χ0) is 26.8. The highest BCUT2D eigenvalue weighted by molar-refractivity contribution is 5.92. The lowest BCUT2D eigenvalue weighted by atomic mass is 10.0. The van der Waals surface area contributed by atoms with Crippen molar-refractivity contribution >= 4 is 34.8 Å². The molecule has 0 saturated carbocycles. The van der Waals surface area contributed by atoms with E-state index in [-0.39, 0.29) is 25.4 Å². The van der Waals surface area contributed by atoms with Crippen molar-refractivity contribution in [2.45, 2.75) is 45.4 Å². The number of benzene rings is 2. The highest BCUT2D eigenvalue weighted by atomic mass is 16.5. The van der Waals surface area contributed by atoms with Crippen molar-refractivity contribution in [1.29, 1.82) is 0 Å². The van der Waals surface area contributed by atoms with Gasteiger partial charge in [-0.25, -0.2) is 9.59 Å². The zero-order valence-electron chi connectivity index (χ0n) is 20.8. The van der Waals surface area contributed by atoms with E-state index >= 15 is 0 Å². The minimum atomic E-state index is -1.19. The average molecular weight is 509 g/mol. The predicted octanol–water partition coefficient (Wildman–Crippen LogP) is 2.74. The van der Waals surface area contributed by atoms with Crippen molar-refractivity contribution in [1.82, 2.24) is 20.9 Å². The van der Waals surface area contributed by atoms with Crippen LogP contribution in [-0.4, -0.2) is 52.6 Å². The van der Waals surface area contributed by atoms with Crippen molar-refractivity contribution in [3.05, 3.63) is 71.9 Å². The van der Waals surface area contributed by atoms with Crippen LogP contribution in [0.2, 0.25) is 0 Å². The van der Waals surface area contributed by atoms with Crippen LogP contribution >= 0.6 is 0 Å². The molecule has 3 aromatic rings. The maximum absolute atomic E-state index is 13.0. The molecule has 0 spiro atoms. The standard InChI is InChI=1S/C27H32N4O6/c1-17(2)12-22(30-24(32)15-29-27(36)37-16-18-8-4-3-5-9-18)25(33)31-23(26(34)35)13-19-14-28-21-11-7-6-10-20(19)21/h3-11,14,17,22-23,28H,12-13,15-16H2,1-2H3,(H,29,36)(H,30,32)(H,31,33)(H,34,35)/t22-,23-/m0/s1. The number of ether oxygens (including phenoxy) is 1. The third kappa shape index (κ3) is 8.38. The second kappa shape index (κ2) is 13.1. The van der Waals surface area contributed by atoms with Crippen molar-refractivity contribution in [2.75, 3.05) is 6.54 Å². The summed E-state index contributed by atoms with van der Waals surface area (Å²) in [6.07, 6.45) is 1.31. The minimum absolute atomic E-state index is 0.0387. The van der Waals surface area contributed by atoms with Gasteiger partial charge < -0.3 is 30.8 Å². The van der Waals surface area contributed by atoms with Crippen molar-refractivity contribution in [3.8, 4) is 0 Å². The van der Waals surface area contributed by atoms with Crippen LogP contribution in [0.1, 0.15) is 31.4 Å². The lowest BCUT2D eigenvalue weighted by Crippen LogP contribution is -2.54. The molecule has 0 bridgehead atoms. The monoisotopic (exact) mass is 508 g/mol. The summed E-state index contributed by atoms with van der Waals surface area (Å²) in [5.74, 6) is -2.35.